The molecule has 0 aromatic heterocycles. The fourth-order valence-corrected chi connectivity index (χ4v) is 1.77. The number of aliphatic carboxylic acids is 1. The Bertz CT molecular complexity index is 567. The Morgan fingerprint density at radius 3 is 2.39 bits per heavy atom. The van der Waals surface area contributed by atoms with Gasteiger partial charge in [-0.3, -0.25) is 0 Å². The average molecular weight is 246 g/mol. The van der Waals surface area contributed by atoms with E-state index in [1.165, 1.54) is 12.1 Å². The predicted molar refractivity (Wildman–Crippen MR) is 64.4 cm³/mol. The second-order valence-corrected chi connectivity index (χ2v) is 3.84. The molecule has 2 aromatic carbocycles. The molecule has 0 heterocycles. The number of hydrogen-bond donors (Lipinski definition) is 2. The molecule has 18 heavy (non-hydrogen) atoms. The molecule has 0 aliphatic carbocycles. The number of halogens is 1. The summed E-state index contributed by atoms with van der Waals surface area (Å²) in [5.74, 6) is -1.84. The number of carbonyl (C=O) groups is 1. The minimum absolute atomic E-state index is 0.176. The van der Waals surface area contributed by atoms with Crippen LogP contribution >= 0.6 is 0 Å². The minimum Gasteiger partial charge on any atom is -0.479 e. The second-order valence-electron chi connectivity index (χ2n) is 3.84. The van der Waals surface area contributed by atoms with E-state index in [1.54, 1.807) is 30.3 Å². The van der Waals surface area contributed by atoms with Crippen LogP contribution in [0, 0.1) is 5.82 Å². The van der Waals surface area contributed by atoms with Gasteiger partial charge >= 0.3 is 5.97 Å². The lowest BCUT2D eigenvalue weighted by atomic mass is 9.96. The molecule has 0 unspecified atom stereocenters. The van der Waals surface area contributed by atoms with Gasteiger partial charge < -0.3 is 10.2 Å². The van der Waals surface area contributed by atoms with Crippen molar-refractivity contribution in [2.24, 2.45) is 0 Å². The summed E-state index contributed by atoms with van der Waals surface area (Å²) >= 11 is 0. The van der Waals surface area contributed by atoms with Crippen molar-refractivity contribution in [3.8, 4) is 11.1 Å². The van der Waals surface area contributed by atoms with Crippen molar-refractivity contribution in [1.82, 2.24) is 0 Å². The highest BCUT2D eigenvalue weighted by Crippen LogP contribution is 2.29. The van der Waals surface area contributed by atoms with Gasteiger partial charge in [0.05, 0.1) is 0 Å². The van der Waals surface area contributed by atoms with E-state index >= 15 is 0 Å². The van der Waals surface area contributed by atoms with Gasteiger partial charge in [-0.25, -0.2) is 9.18 Å². The van der Waals surface area contributed by atoms with E-state index in [0.717, 1.165) is 6.07 Å². The summed E-state index contributed by atoms with van der Waals surface area (Å²) in [5.41, 5.74) is 1.22. The first-order valence-corrected chi connectivity index (χ1v) is 5.35. The van der Waals surface area contributed by atoms with Crippen molar-refractivity contribution in [2.45, 2.75) is 6.10 Å². The molecular formula is C14H11FO3. The number of rotatable bonds is 3. The molecule has 1 atom stereocenters. The van der Waals surface area contributed by atoms with Crippen LogP contribution in [0.1, 0.15) is 11.7 Å². The lowest BCUT2D eigenvalue weighted by Crippen LogP contribution is -2.11. The molecule has 0 aliphatic rings. The summed E-state index contributed by atoms with van der Waals surface area (Å²) < 4.78 is 13.3. The number of carboxylic acids is 1. The van der Waals surface area contributed by atoms with E-state index in [4.69, 9.17) is 5.11 Å². The maximum atomic E-state index is 13.3. The van der Waals surface area contributed by atoms with Crippen molar-refractivity contribution < 1.29 is 19.4 Å². The van der Waals surface area contributed by atoms with Crippen LogP contribution in [0.25, 0.3) is 11.1 Å². The molecule has 3 nitrogen and oxygen atoms in total. The average Bonchev–Trinajstić information content (AvgIpc) is 2.39. The van der Waals surface area contributed by atoms with Crippen LogP contribution < -0.4 is 0 Å². The molecule has 2 N–H and O–H groups in total. The maximum Gasteiger partial charge on any atom is 0.337 e. The summed E-state index contributed by atoms with van der Waals surface area (Å²) in [6.45, 7) is 0. The molecule has 0 aliphatic heterocycles. The molecule has 0 spiro atoms. The summed E-state index contributed by atoms with van der Waals surface area (Å²) in [6, 6.07) is 12.4. The van der Waals surface area contributed by atoms with Gasteiger partial charge in [-0.1, -0.05) is 36.4 Å². The summed E-state index contributed by atoms with van der Waals surface area (Å²) in [4.78, 5) is 10.8. The standard InChI is InChI=1S/C14H11FO3/c15-10-6-7-11(13(16)14(17)18)12(8-10)9-4-2-1-3-5-9/h1-8,13,16H,(H,17,18)/t13-/m0/s1. The monoisotopic (exact) mass is 246 g/mol. The lowest BCUT2D eigenvalue weighted by molar-refractivity contribution is -0.146. The van der Waals surface area contributed by atoms with Gasteiger partial charge in [0.2, 0.25) is 0 Å². The lowest BCUT2D eigenvalue weighted by Gasteiger charge is -2.12. The molecule has 4 heteroatoms. The Hall–Kier alpha value is -2.20. The summed E-state index contributed by atoms with van der Waals surface area (Å²) in [6.07, 6.45) is -1.67. The van der Waals surface area contributed by atoms with Crippen LogP contribution in [0.2, 0.25) is 0 Å². The molecule has 0 bridgehead atoms. The largest absolute Gasteiger partial charge is 0.479 e. The Labute approximate surface area is 103 Å². The van der Waals surface area contributed by atoms with E-state index in [1.807, 2.05) is 0 Å². The van der Waals surface area contributed by atoms with E-state index in [9.17, 15) is 14.3 Å². The number of benzene rings is 2. The van der Waals surface area contributed by atoms with Gasteiger partial charge in [0.1, 0.15) is 5.82 Å². The van der Waals surface area contributed by atoms with Crippen molar-refractivity contribution >= 4 is 5.97 Å². The second kappa shape index (κ2) is 4.98. The molecule has 0 fully saturated rings. The Morgan fingerprint density at radius 2 is 1.78 bits per heavy atom. The Kier molecular flexibility index (Phi) is 3.39. The first kappa shape index (κ1) is 12.3. The topological polar surface area (TPSA) is 57.5 Å². The smallest absolute Gasteiger partial charge is 0.337 e. The highest BCUT2D eigenvalue weighted by Gasteiger charge is 2.20. The van der Waals surface area contributed by atoms with Crippen LogP contribution in [0.3, 0.4) is 0 Å². The van der Waals surface area contributed by atoms with Crippen molar-refractivity contribution in [1.29, 1.82) is 0 Å². The fourth-order valence-electron chi connectivity index (χ4n) is 1.77. The highest BCUT2D eigenvalue weighted by atomic mass is 19.1. The quantitative estimate of drug-likeness (QED) is 0.875. The Balaban J connectivity index is 2.58. The van der Waals surface area contributed by atoms with Gasteiger partial charge in [0.15, 0.2) is 6.10 Å². The molecular weight excluding hydrogens is 235 g/mol. The maximum absolute atomic E-state index is 13.3. The third kappa shape index (κ3) is 2.38. The molecule has 0 radical (unpaired) electrons. The highest BCUT2D eigenvalue weighted by molar-refractivity contribution is 5.79. The van der Waals surface area contributed by atoms with E-state index in [0.29, 0.717) is 11.1 Å². The SMILES string of the molecule is O=C(O)[C@@H](O)c1ccc(F)cc1-c1ccccc1. The van der Waals surface area contributed by atoms with Gasteiger partial charge in [-0.05, 0) is 28.8 Å². The number of carboxylic acid groups (broad SMARTS) is 1. The van der Waals surface area contributed by atoms with Crippen LogP contribution in [0.15, 0.2) is 48.5 Å². The first-order chi connectivity index (χ1) is 8.59. The summed E-state index contributed by atoms with van der Waals surface area (Å²) in [7, 11) is 0. The van der Waals surface area contributed by atoms with E-state index in [2.05, 4.69) is 0 Å². The van der Waals surface area contributed by atoms with Crippen LogP contribution in [0.4, 0.5) is 4.39 Å². The number of hydrogen-bond acceptors (Lipinski definition) is 2. The zero-order chi connectivity index (χ0) is 13.1. The third-order valence-electron chi connectivity index (χ3n) is 2.63. The molecule has 92 valence electrons. The van der Waals surface area contributed by atoms with Gasteiger partial charge in [0, 0.05) is 0 Å². The van der Waals surface area contributed by atoms with E-state index < -0.39 is 17.9 Å². The molecule has 0 saturated carbocycles. The molecule has 2 rings (SSSR count). The zero-order valence-electron chi connectivity index (χ0n) is 9.38. The first-order valence-electron chi connectivity index (χ1n) is 5.35. The predicted octanol–water partition coefficient (Wildman–Crippen LogP) is 2.61. The Morgan fingerprint density at radius 1 is 1.11 bits per heavy atom. The van der Waals surface area contributed by atoms with Crippen molar-refractivity contribution in [3.63, 3.8) is 0 Å². The summed E-state index contributed by atoms with van der Waals surface area (Å²) in [5, 5.41) is 18.4. The number of aliphatic hydroxyl groups excluding tert-OH is 1. The van der Waals surface area contributed by atoms with Crippen molar-refractivity contribution in [3.05, 3.63) is 59.9 Å². The molecule has 2 aromatic rings. The third-order valence-corrected chi connectivity index (χ3v) is 2.63. The zero-order valence-corrected chi connectivity index (χ0v) is 9.38. The van der Waals surface area contributed by atoms with Crippen molar-refractivity contribution in [2.75, 3.05) is 0 Å². The van der Waals surface area contributed by atoms with Gasteiger partial charge in [-0.2, -0.15) is 0 Å². The van der Waals surface area contributed by atoms with Gasteiger partial charge in [-0.15, -0.1) is 0 Å². The normalized spacial score (nSPS) is 12.1. The molecule has 0 saturated heterocycles. The number of aliphatic hydroxyl groups is 1. The molecule has 0 amide bonds. The van der Waals surface area contributed by atoms with Crippen LogP contribution in [-0.2, 0) is 4.79 Å². The minimum atomic E-state index is -1.67. The van der Waals surface area contributed by atoms with Gasteiger partial charge in [0.25, 0.3) is 0 Å². The fraction of sp³-hybridized carbons (Fsp3) is 0.0714. The van der Waals surface area contributed by atoms with Crippen LogP contribution in [0.5, 0.6) is 0 Å². The van der Waals surface area contributed by atoms with E-state index in [-0.39, 0.29) is 5.56 Å². The van der Waals surface area contributed by atoms with Crippen LogP contribution in [-0.4, -0.2) is 16.2 Å².